The average Bonchev–Trinajstić information content (AvgIpc) is 3.22. The van der Waals surface area contributed by atoms with Crippen molar-refractivity contribution >= 4 is 52.1 Å². The van der Waals surface area contributed by atoms with Gasteiger partial charge in [-0.05, 0) is 75.8 Å². The minimum absolute atomic E-state index is 0.00555. The lowest BCUT2D eigenvalue weighted by atomic mass is 10.0. The van der Waals surface area contributed by atoms with E-state index in [0.29, 0.717) is 12.1 Å². The Morgan fingerprint density at radius 3 is 2.35 bits per heavy atom. The fourth-order valence-electron chi connectivity index (χ4n) is 3.84. The minimum Gasteiger partial charge on any atom is -0.326 e. The molecule has 0 saturated carbocycles. The van der Waals surface area contributed by atoms with Crippen LogP contribution in [-0.2, 0) is 33.0 Å². The molecule has 0 aromatic heterocycles. The monoisotopic (exact) mass is 659 g/mol. The minimum atomic E-state index is -5.00. The van der Waals surface area contributed by atoms with Gasteiger partial charge in [-0.1, -0.05) is 18.2 Å². The van der Waals surface area contributed by atoms with Gasteiger partial charge in [-0.3, -0.25) is 9.59 Å². The van der Waals surface area contributed by atoms with Crippen LogP contribution in [0.1, 0.15) is 46.7 Å². The number of nitrogens with one attached hydrogen (secondary N) is 3. The summed E-state index contributed by atoms with van der Waals surface area (Å²) in [4.78, 5) is 23.8. The molecule has 1 aliphatic rings. The Hall–Kier alpha value is -2.22. The van der Waals surface area contributed by atoms with Gasteiger partial charge in [0.05, 0.1) is 11.1 Å². The average molecular weight is 659 g/mol. The number of hydrogen-bond acceptors (Lipinski definition) is 4. The summed E-state index contributed by atoms with van der Waals surface area (Å²) in [6, 6.07) is 6.57. The van der Waals surface area contributed by atoms with Crippen LogP contribution in [0.3, 0.4) is 0 Å². The van der Waals surface area contributed by atoms with Gasteiger partial charge in [0.15, 0.2) is 0 Å². The van der Waals surface area contributed by atoms with E-state index in [9.17, 15) is 35.9 Å². The number of carbonyl (C=O) groups excluding carboxylic acids is 2. The normalized spacial score (nSPS) is 15.9. The lowest BCUT2D eigenvalue weighted by Crippen LogP contribution is -2.25. The van der Waals surface area contributed by atoms with Crippen molar-refractivity contribution in [3.05, 3.63) is 70.3 Å². The third-order valence-corrected chi connectivity index (χ3v) is 6.32. The van der Waals surface area contributed by atoms with Crippen molar-refractivity contribution in [1.82, 2.24) is 10.8 Å². The number of alkyl halides is 6. The van der Waals surface area contributed by atoms with E-state index < -0.39 is 35.1 Å². The van der Waals surface area contributed by atoms with Crippen molar-refractivity contribution in [2.24, 2.45) is 0 Å². The topological polar surface area (TPSA) is 79.5 Å². The number of hydrogen-bond donors (Lipinski definition) is 3. The van der Waals surface area contributed by atoms with Crippen LogP contribution in [0.4, 0.5) is 32.0 Å². The van der Waals surface area contributed by atoms with Crippen LogP contribution in [0.2, 0.25) is 0 Å². The molecule has 0 fully saturated rings. The summed E-state index contributed by atoms with van der Waals surface area (Å²) in [5.41, 5.74) is 1.60. The highest BCUT2D eigenvalue weighted by atomic mass is 127. The lowest BCUT2D eigenvalue weighted by molar-refractivity contribution is -0.143. The van der Waals surface area contributed by atoms with Crippen molar-refractivity contribution in [3.8, 4) is 0 Å². The second kappa shape index (κ2) is 12.5. The Labute approximate surface area is 222 Å². The molecule has 37 heavy (non-hydrogen) atoms. The second-order valence-corrected chi connectivity index (χ2v) is 9.75. The van der Waals surface area contributed by atoms with E-state index >= 15 is 0 Å². The summed E-state index contributed by atoms with van der Waals surface area (Å²) in [6.45, 7) is 0.265. The van der Waals surface area contributed by atoms with Crippen LogP contribution in [0.25, 0.3) is 6.08 Å². The van der Waals surface area contributed by atoms with Crippen molar-refractivity contribution in [1.29, 1.82) is 0 Å². The van der Waals surface area contributed by atoms with E-state index in [4.69, 9.17) is 4.62 Å². The number of rotatable bonds is 9. The number of benzene rings is 2. The first-order valence-electron chi connectivity index (χ1n) is 10.8. The first kappa shape index (κ1) is 29.3. The molecular formula is C23H21F6IN3O3P. The van der Waals surface area contributed by atoms with Crippen LogP contribution >= 0.6 is 28.5 Å². The van der Waals surface area contributed by atoms with E-state index in [2.05, 4.69) is 16.1 Å². The molecule has 1 aliphatic carbocycles. The van der Waals surface area contributed by atoms with Crippen LogP contribution in [-0.4, -0.2) is 18.4 Å². The fourth-order valence-corrected chi connectivity index (χ4v) is 4.31. The van der Waals surface area contributed by atoms with Gasteiger partial charge in [-0.15, -0.1) is 0 Å². The molecular weight excluding hydrogens is 638 g/mol. The van der Waals surface area contributed by atoms with Gasteiger partial charge in [-0.2, -0.15) is 26.3 Å². The molecule has 0 heterocycles. The number of carbonyl (C=O) groups is 2. The lowest BCUT2D eigenvalue weighted by Gasteiger charge is -2.16. The zero-order valence-electron chi connectivity index (χ0n) is 18.9. The molecule has 0 bridgehead atoms. The molecule has 2 atom stereocenters. The second-order valence-electron chi connectivity index (χ2n) is 8.08. The van der Waals surface area contributed by atoms with Gasteiger partial charge < -0.3 is 10.6 Å². The Balaban J connectivity index is 1.56. The Bertz CT molecular complexity index is 1140. The van der Waals surface area contributed by atoms with Gasteiger partial charge in [0.2, 0.25) is 5.91 Å². The first-order chi connectivity index (χ1) is 17.4. The van der Waals surface area contributed by atoms with Crippen molar-refractivity contribution in [2.75, 3.05) is 11.9 Å². The van der Waals surface area contributed by atoms with E-state index in [1.165, 1.54) is 6.08 Å². The third kappa shape index (κ3) is 8.66. The van der Waals surface area contributed by atoms with E-state index in [-0.39, 0.29) is 37.4 Å². The number of anilines is 1. The maximum atomic E-state index is 13.0. The highest BCUT2D eigenvalue weighted by Crippen LogP contribution is 2.37. The zero-order valence-corrected chi connectivity index (χ0v) is 22.1. The van der Waals surface area contributed by atoms with Crippen LogP contribution in [0, 0.1) is 0 Å². The van der Waals surface area contributed by atoms with Crippen LogP contribution in [0.5, 0.6) is 0 Å². The van der Waals surface area contributed by atoms with E-state index in [1.807, 2.05) is 40.2 Å². The predicted molar refractivity (Wildman–Crippen MR) is 136 cm³/mol. The van der Waals surface area contributed by atoms with Crippen LogP contribution < -0.4 is 16.1 Å². The molecule has 0 spiro atoms. The molecule has 2 aromatic carbocycles. The van der Waals surface area contributed by atoms with Gasteiger partial charge in [-0.25, -0.2) is 10.1 Å². The number of fused-ring (bicyclic) bond motifs is 1. The summed E-state index contributed by atoms with van der Waals surface area (Å²) in [6.07, 6.45) is -5.64. The summed E-state index contributed by atoms with van der Waals surface area (Å²) >= 11 is 1.97. The highest BCUT2D eigenvalue weighted by molar-refractivity contribution is 14.2. The molecule has 3 rings (SSSR count). The van der Waals surface area contributed by atoms with Crippen molar-refractivity contribution in [3.63, 3.8) is 0 Å². The molecule has 6 nitrogen and oxygen atoms in total. The third-order valence-electron chi connectivity index (χ3n) is 5.48. The van der Waals surface area contributed by atoms with Gasteiger partial charge in [0, 0.05) is 30.8 Å². The zero-order chi connectivity index (χ0) is 27.2. The van der Waals surface area contributed by atoms with E-state index in [1.54, 1.807) is 6.08 Å². The number of halogens is 7. The summed E-state index contributed by atoms with van der Waals surface area (Å²) < 4.78 is 82.8. The van der Waals surface area contributed by atoms with Gasteiger partial charge >= 0.3 is 12.4 Å². The Morgan fingerprint density at radius 1 is 1.05 bits per heavy atom. The number of aryl methyl sites for hydroxylation is 1. The van der Waals surface area contributed by atoms with Gasteiger partial charge in [0.25, 0.3) is 5.91 Å². The summed E-state index contributed by atoms with van der Waals surface area (Å²) in [7, 11) is 0. The molecule has 0 aliphatic heterocycles. The molecule has 14 heteroatoms. The molecule has 2 amide bonds. The van der Waals surface area contributed by atoms with Crippen LogP contribution in [0.15, 0.2) is 42.5 Å². The molecule has 2 aromatic rings. The number of amides is 2. The SMILES string of the molecule is O=C(/C=C/c1ccc2c(c1)CCC2NCCC(=O)Nc1cc(C(F)(F)F)cc(C(F)(F)F)c1)NOPI. The quantitative estimate of drug-likeness (QED) is 0.0967. The largest absolute Gasteiger partial charge is 0.416 e. The standard InChI is InChI=1S/C23H21F6IN3O3P/c24-22(25,26)15-10-16(23(27,28)29)12-17(11-15)32-20(34)7-8-31-19-5-3-14-9-13(1-4-18(14)19)2-6-21(35)33-36-37-30/h1-2,4,6,9-12,19,31,37H,3,5,7-8H2,(H,32,34)(H,33,35)/b6-2+. The van der Waals surface area contributed by atoms with E-state index in [0.717, 1.165) is 29.5 Å². The number of hydroxylamine groups is 1. The Morgan fingerprint density at radius 2 is 1.73 bits per heavy atom. The fraction of sp³-hybridized carbons (Fsp3) is 0.304. The first-order valence-corrected chi connectivity index (χ1v) is 14.8. The van der Waals surface area contributed by atoms with Crippen molar-refractivity contribution in [2.45, 2.75) is 37.7 Å². The smallest absolute Gasteiger partial charge is 0.326 e. The molecule has 0 saturated heterocycles. The summed E-state index contributed by atoms with van der Waals surface area (Å²) in [5, 5.41) is 5.33. The molecule has 0 radical (unpaired) electrons. The van der Waals surface area contributed by atoms with Gasteiger partial charge in [0.1, 0.15) is 6.45 Å². The molecule has 3 N–H and O–H groups in total. The summed E-state index contributed by atoms with van der Waals surface area (Å²) in [5.74, 6) is -1.11. The predicted octanol–water partition coefficient (Wildman–Crippen LogP) is 6.33. The molecule has 2 unspecified atom stereocenters. The molecule has 200 valence electrons. The maximum absolute atomic E-state index is 13.0. The maximum Gasteiger partial charge on any atom is 0.416 e. The Kier molecular flexibility index (Phi) is 9.95. The highest BCUT2D eigenvalue weighted by Gasteiger charge is 2.37. The van der Waals surface area contributed by atoms with Crippen molar-refractivity contribution < 1.29 is 40.6 Å².